The SMILES string of the molecule is ON/C=N/c1ccc(-c2c[nH]cn2)cc1. The zero-order chi connectivity index (χ0) is 10.5. The van der Waals surface area contributed by atoms with E-state index >= 15 is 0 Å². The molecule has 0 aliphatic carbocycles. The van der Waals surface area contributed by atoms with Crippen LogP contribution in [0.25, 0.3) is 11.3 Å². The number of hydroxylamine groups is 1. The molecule has 0 bridgehead atoms. The Kier molecular flexibility index (Phi) is 2.75. The van der Waals surface area contributed by atoms with E-state index in [1.165, 1.54) is 6.34 Å². The molecule has 5 nitrogen and oxygen atoms in total. The van der Waals surface area contributed by atoms with Gasteiger partial charge in [-0.3, -0.25) is 10.7 Å². The lowest BCUT2D eigenvalue weighted by Gasteiger charge is -1.97. The molecule has 0 amide bonds. The zero-order valence-corrected chi connectivity index (χ0v) is 7.88. The molecule has 76 valence electrons. The predicted octanol–water partition coefficient (Wildman–Crippen LogP) is 1.72. The van der Waals surface area contributed by atoms with Gasteiger partial charge in [-0.05, 0) is 12.1 Å². The highest BCUT2D eigenvalue weighted by Crippen LogP contribution is 2.19. The van der Waals surface area contributed by atoms with Gasteiger partial charge in [-0.2, -0.15) is 0 Å². The second-order valence-electron chi connectivity index (χ2n) is 2.89. The fraction of sp³-hybridized carbons (Fsp3) is 0. The van der Waals surface area contributed by atoms with E-state index < -0.39 is 0 Å². The fourth-order valence-corrected chi connectivity index (χ4v) is 1.24. The van der Waals surface area contributed by atoms with Crippen LogP contribution in [0.1, 0.15) is 0 Å². The Morgan fingerprint density at radius 1 is 1.33 bits per heavy atom. The summed E-state index contributed by atoms with van der Waals surface area (Å²) in [5.74, 6) is 0. The number of nitrogens with zero attached hydrogens (tertiary/aromatic N) is 2. The summed E-state index contributed by atoms with van der Waals surface area (Å²) in [6.07, 6.45) is 4.67. The molecule has 1 heterocycles. The first-order valence-electron chi connectivity index (χ1n) is 4.41. The van der Waals surface area contributed by atoms with Crippen LogP contribution in [0.4, 0.5) is 5.69 Å². The quantitative estimate of drug-likeness (QED) is 0.403. The molecular formula is C10H10N4O. The van der Waals surface area contributed by atoms with Gasteiger partial charge in [0, 0.05) is 11.8 Å². The van der Waals surface area contributed by atoms with Gasteiger partial charge >= 0.3 is 0 Å². The van der Waals surface area contributed by atoms with Crippen LogP contribution >= 0.6 is 0 Å². The van der Waals surface area contributed by atoms with Crippen LogP contribution in [0.15, 0.2) is 41.8 Å². The molecule has 0 aliphatic heterocycles. The molecule has 2 rings (SSSR count). The molecule has 1 aromatic carbocycles. The van der Waals surface area contributed by atoms with Crippen molar-refractivity contribution in [1.29, 1.82) is 0 Å². The summed E-state index contributed by atoms with van der Waals surface area (Å²) in [5.41, 5.74) is 4.52. The minimum atomic E-state index is 0.760. The Balaban J connectivity index is 2.21. The number of benzene rings is 1. The van der Waals surface area contributed by atoms with Crippen molar-refractivity contribution in [2.24, 2.45) is 4.99 Å². The van der Waals surface area contributed by atoms with E-state index in [0.717, 1.165) is 16.9 Å². The van der Waals surface area contributed by atoms with Crippen LogP contribution in [-0.2, 0) is 0 Å². The molecule has 0 unspecified atom stereocenters. The van der Waals surface area contributed by atoms with Gasteiger partial charge in [-0.1, -0.05) is 12.1 Å². The Bertz CT molecular complexity index is 433. The minimum Gasteiger partial charge on any atom is -0.351 e. The molecular weight excluding hydrogens is 192 g/mol. The number of imidazole rings is 1. The second kappa shape index (κ2) is 4.39. The Morgan fingerprint density at radius 3 is 2.73 bits per heavy atom. The number of hydrogen-bond donors (Lipinski definition) is 3. The molecule has 0 aliphatic rings. The van der Waals surface area contributed by atoms with Gasteiger partial charge in [0.2, 0.25) is 0 Å². The van der Waals surface area contributed by atoms with Crippen molar-refractivity contribution in [3.8, 4) is 11.3 Å². The summed E-state index contributed by atoms with van der Waals surface area (Å²) in [5, 5.41) is 8.32. The third kappa shape index (κ3) is 2.21. The summed E-state index contributed by atoms with van der Waals surface area (Å²) in [7, 11) is 0. The van der Waals surface area contributed by atoms with Gasteiger partial charge in [0.15, 0.2) is 0 Å². The van der Waals surface area contributed by atoms with Gasteiger partial charge in [0.25, 0.3) is 0 Å². The van der Waals surface area contributed by atoms with Crippen LogP contribution in [-0.4, -0.2) is 21.5 Å². The highest BCUT2D eigenvalue weighted by atomic mass is 16.5. The maximum atomic E-state index is 8.32. The summed E-state index contributed by atoms with van der Waals surface area (Å²) in [6, 6.07) is 7.52. The number of aromatic nitrogens is 2. The number of H-pyrrole nitrogens is 1. The van der Waals surface area contributed by atoms with Crippen LogP contribution < -0.4 is 5.48 Å². The molecule has 0 fully saturated rings. The van der Waals surface area contributed by atoms with Crippen molar-refractivity contribution in [2.45, 2.75) is 0 Å². The average Bonchev–Trinajstić information content (AvgIpc) is 2.80. The Hall–Kier alpha value is -2.14. The molecule has 0 saturated carbocycles. The van der Waals surface area contributed by atoms with Crippen molar-refractivity contribution in [2.75, 3.05) is 0 Å². The van der Waals surface area contributed by atoms with Gasteiger partial charge < -0.3 is 4.98 Å². The van der Waals surface area contributed by atoms with Gasteiger partial charge in [-0.15, -0.1) is 0 Å². The van der Waals surface area contributed by atoms with Gasteiger partial charge in [0.05, 0.1) is 17.7 Å². The second-order valence-corrected chi connectivity index (χ2v) is 2.89. The average molecular weight is 202 g/mol. The van der Waals surface area contributed by atoms with Crippen molar-refractivity contribution >= 4 is 12.0 Å². The van der Waals surface area contributed by atoms with Gasteiger partial charge in [0.1, 0.15) is 6.34 Å². The Labute approximate surface area is 86.5 Å². The van der Waals surface area contributed by atoms with Crippen molar-refractivity contribution < 1.29 is 5.21 Å². The highest BCUT2D eigenvalue weighted by molar-refractivity contribution is 5.64. The standard InChI is InChI=1S/C10H10N4O/c15-14-7-12-9-3-1-8(2-4-9)10-5-11-6-13-10/h1-7,15H,(H,11,13)(H,12,14). The predicted molar refractivity (Wildman–Crippen MR) is 57.1 cm³/mol. The molecule has 15 heavy (non-hydrogen) atoms. The van der Waals surface area contributed by atoms with Crippen LogP contribution in [0.3, 0.4) is 0 Å². The summed E-state index contributed by atoms with van der Waals surface area (Å²) < 4.78 is 0. The molecule has 2 aromatic rings. The maximum Gasteiger partial charge on any atom is 0.113 e. The van der Waals surface area contributed by atoms with Gasteiger partial charge in [-0.25, -0.2) is 9.98 Å². The molecule has 3 N–H and O–H groups in total. The minimum absolute atomic E-state index is 0.760. The monoisotopic (exact) mass is 202 g/mol. The number of rotatable bonds is 3. The number of hydrogen-bond acceptors (Lipinski definition) is 3. The van der Waals surface area contributed by atoms with Crippen molar-refractivity contribution in [1.82, 2.24) is 15.4 Å². The number of nitrogens with one attached hydrogen (secondary N) is 2. The highest BCUT2D eigenvalue weighted by Gasteiger charge is 1.98. The third-order valence-corrected chi connectivity index (χ3v) is 1.93. The molecule has 0 saturated heterocycles. The molecule has 0 radical (unpaired) electrons. The van der Waals surface area contributed by atoms with E-state index in [9.17, 15) is 0 Å². The lowest BCUT2D eigenvalue weighted by molar-refractivity contribution is 0.240. The first kappa shape index (κ1) is 9.42. The lowest BCUT2D eigenvalue weighted by atomic mass is 10.1. The zero-order valence-electron chi connectivity index (χ0n) is 7.88. The number of aliphatic imine (C=N–C) groups is 1. The lowest BCUT2D eigenvalue weighted by Crippen LogP contribution is -2.00. The van der Waals surface area contributed by atoms with E-state index in [1.807, 2.05) is 35.9 Å². The van der Waals surface area contributed by atoms with E-state index in [2.05, 4.69) is 15.0 Å². The number of aromatic amines is 1. The van der Waals surface area contributed by atoms with Crippen molar-refractivity contribution in [3.63, 3.8) is 0 Å². The van der Waals surface area contributed by atoms with Crippen LogP contribution in [0.2, 0.25) is 0 Å². The molecule has 0 spiro atoms. The van der Waals surface area contributed by atoms with E-state index in [4.69, 9.17) is 5.21 Å². The topological polar surface area (TPSA) is 73.3 Å². The summed E-state index contributed by atoms with van der Waals surface area (Å²) >= 11 is 0. The van der Waals surface area contributed by atoms with Crippen LogP contribution in [0, 0.1) is 0 Å². The fourth-order valence-electron chi connectivity index (χ4n) is 1.24. The maximum absolute atomic E-state index is 8.32. The van der Waals surface area contributed by atoms with Crippen LogP contribution in [0.5, 0.6) is 0 Å². The summed E-state index contributed by atoms with van der Waals surface area (Å²) in [6.45, 7) is 0. The van der Waals surface area contributed by atoms with E-state index in [0.29, 0.717) is 0 Å². The largest absolute Gasteiger partial charge is 0.351 e. The molecule has 5 heteroatoms. The first-order chi connectivity index (χ1) is 7.40. The van der Waals surface area contributed by atoms with Crippen molar-refractivity contribution in [3.05, 3.63) is 36.8 Å². The Morgan fingerprint density at radius 2 is 2.13 bits per heavy atom. The summed E-state index contributed by atoms with van der Waals surface area (Å²) in [4.78, 5) is 11.0. The third-order valence-electron chi connectivity index (χ3n) is 1.93. The molecule has 0 atom stereocenters. The molecule has 1 aromatic heterocycles. The normalized spacial score (nSPS) is 10.7. The van der Waals surface area contributed by atoms with E-state index in [-0.39, 0.29) is 0 Å². The smallest absolute Gasteiger partial charge is 0.113 e. The van der Waals surface area contributed by atoms with E-state index in [1.54, 1.807) is 6.33 Å². The first-order valence-corrected chi connectivity index (χ1v) is 4.41.